The molecule has 2 amide bonds. The van der Waals surface area contributed by atoms with Crippen molar-refractivity contribution in [1.29, 1.82) is 0 Å². The summed E-state index contributed by atoms with van der Waals surface area (Å²) in [6, 6.07) is 9.77. The predicted molar refractivity (Wildman–Crippen MR) is 98.1 cm³/mol. The molecule has 7 heteroatoms. The zero-order chi connectivity index (χ0) is 16.8. The van der Waals surface area contributed by atoms with Gasteiger partial charge in [0.1, 0.15) is 0 Å². The number of amides is 2. The first-order valence-corrected chi connectivity index (χ1v) is 8.82. The number of aromatic nitrogens is 2. The molecule has 0 saturated carbocycles. The smallest absolute Gasteiger partial charge is 0.321 e. The Morgan fingerprint density at radius 3 is 2.92 bits per heavy atom. The van der Waals surface area contributed by atoms with Crippen LogP contribution in [0.5, 0.6) is 0 Å². The Morgan fingerprint density at radius 2 is 2.21 bits per heavy atom. The topological polar surface area (TPSA) is 62.2 Å². The molecule has 2 aromatic rings. The molecule has 1 unspecified atom stereocenters. The van der Waals surface area contributed by atoms with E-state index in [2.05, 4.69) is 21.7 Å². The lowest BCUT2D eigenvalue weighted by atomic mass is 10.1. The Bertz CT molecular complexity index is 671. The standard InChI is InChI=1S/C17H21N5OS/c1-2-24-20-15-5-3-11-21(13-15)17(23)19-14-6-8-16(9-7-14)22-12-4-10-18-22/h2,4,6-10,12,15,20H,1,3,5,11,13H2,(H,19,23). The van der Waals surface area contributed by atoms with E-state index in [4.69, 9.17) is 0 Å². The van der Waals surface area contributed by atoms with Gasteiger partial charge in [0.15, 0.2) is 0 Å². The van der Waals surface area contributed by atoms with Crippen LogP contribution >= 0.6 is 11.9 Å². The summed E-state index contributed by atoms with van der Waals surface area (Å²) in [6.07, 6.45) is 5.70. The molecule has 2 N–H and O–H groups in total. The molecule has 1 aromatic carbocycles. The van der Waals surface area contributed by atoms with Crippen LogP contribution in [0.4, 0.5) is 10.5 Å². The number of benzene rings is 1. The second kappa shape index (κ2) is 8.03. The Morgan fingerprint density at radius 1 is 1.38 bits per heavy atom. The Hall–Kier alpha value is -2.25. The number of carbonyl (C=O) groups is 1. The van der Waals surface area contributed by atoms with Crippen molar-refractivity contribution in [2.24, 2.45) is 0 Å². The fourth-order valence-corrected chi connectivity index (χ4v) is 3.20. The minimum atomic E-state index is -0.0584. The lowest BCUT2D eigenvalue weighted by Crippen LogP contribution is -2.47. The Labute approximate surface area is 146 Å². The van der Waals surface area contributed by atoms with Crippen molar-refractivity contribution in [1.82, 2.24) is 19.4 Å². The number of anilines is 1. The summed E-state index contributed by atoms with van der Waals surface area (Å²) in [5.74, 6) is 0. The van der Waals surface area contributed by atoms with Gasteiger partial charge in [-0.2, -0.15) is 5.10 Å². The SMILES string of the molecule is C=CSNC1CCCN(C(=O)Nc2ccc(-n3cccn3)cc2)C1. The molecule has 1 aliphatic heterocycles. The third-order valence-electron chi connectivity index (χ3n) is 3.91. The van der Waals surface area contributed by atoms with Gasteiger partial charge in [0.05, 0.1) is 5.69 Å². The summed E-state index contributed by atoms with van der Waals surface area (Å²) in [4.78, 5) is 14.3. The second-order valence-electron chi connectivity index (χ2n) is 5.62. The lowest BCUT2D eigenvalue weighted by Gasteiger charge is -2.32. The monoisotopic (exact) mass is 343 g/mol. The van der Waals surface area contributed by atoms with E-state index in [9.17, 15) is 4.79 Å². The highest BCUT2D eigenvalue weighted by Crippen LogP contribution is 2.16. The first-order valence-electron chi connectivity index (χ1n) is 7.94. The number of hydrogen-bond donors (Lipinski definition) is 2. The molecule has 126 valence electrons. The molecule has 1 atom stereocenters. The lowest BCUT2D eigenvalue weighted by molar-refractivity contribution is 0.191. The van der Waals surface area contributed by atoms with Gasteiger partial charge in [0.25, 0.3) is 0 Å². The average molecular weight is 343 g/mol. The van der Waals surface area contributed by atoms with Crippen LogP contribution in [0, 0.1) is 0 Å². The molecule has 1 saturated heterocycles. The van der Waals surface area contributed by atoms with Gasteiger partial charge in [-0.05, 0) is 48.6 Å². The number of nitrogens with zero attached hydrogens (tertiary/aromatic N) is 3. The van der Waals surface area contributed by atoms with Gasteiger partial charge in [-0.1, -0.05) is 18.5 Å². The zero-order valence-corrected chi connectivity index (χ0v) is 14.2. The highest BCUT2D eigenvalue weighted by molar-refractivity contribution is 8.00. The number of nitrogens with one attached hydrogen (secondary N) is 2. The first kappa shape index (κ1) is 16.6. The second-order valence-corrected chi connectivity index (χ2v) is 6.42. The van der Waals surface area contributed by atoms with Crippen molar-refractivity contribution >= 4 is 23.7 Å². The largest absolute Gasteiger partial charge is 0.323 e. The number of piperidine rings is 1. The molecule has 0 bridgehead atoms. The fraction of sp³-hybridized carbons (Fsp3) is 0.294. The molecule has 24 heavy (non-hydrogen) atoms. The maximum atomic E-state index is 12.4. The maximum Gasteiger partial charge on any atom is 0.321 e. The van der Waals surface area contributed by atoms with E-state index >= 15 is 0 Å². The van der Waals surface area contributed by atoms with Crippen molar-refractivity contribution in [2.45, 2.75) is 18.9 Å². The summed E-state index contributed by atoms with van der Waals surface area (Å²) < 4.78 is 5.09. The fourth-order valence-electron chi connectivity index (χ4n) is 2.72. The van der Waals surface area contributed by atoms with E-state index in [0.717, 1.165) is 30.8 Å². The molecular weight excluding hydrogens is 322 g/mol. The highest BCUT2D eigenvalue weighted by Gasteiger charge is 2.23. The third-order valence-corrected chi connectivity index (χ3v) is 4.55. The van der Waals surface area contributed by atoms with Crippen molar-refractivity contribution in [3.8, 4) is 5.69 Å². The summed E-state index contributed by atoms with van der Waals surface area (Å²) >= 11 is 1.48. The summed E-state index contributed by atoms with van der Waals surface area (Å²) in [7, 11) is 0. The van der Waals surface area contributed by atoms with Crippen LogP contribution in [-0.2, 0) is 0 Å². The van der Waals surface area contributed by atoms with Gasteiger partial charge in [0.2, 0.25) is 0 Å². The molecule has 2 heterocycles. The van der Waals surface area contributed by atoms with Gasteiger partial charge < -0.3 is 10.2 Å². The van der Waals surface area contributed by atoms with E-state index in [1.54, 1.807) is 16.3 Å². The third kappa shape index (κ3) is 4.18. The van der Waals surface area contributed by atoms with E-state index in [-0.39, 0.29) is 6.03 Å². The van der Waals surface area contributed by atoms with Crippen molar-refractivity contribution in [2.75, 3.05) is 18.4 Å². The molecule has 1 aliphatic rings. The van der Waals surface area contributed by atoms with Crippen molar-refractivity contribution in [3.63, 3.8) is 0 Å². The minimum absolute atomic E-state index is 0.0584. The molecule has 0 spiro atoms. The Kier molecular flexibility index (Phi) is 5.55. The Balaban J connectivity index is 1.57. The number of carbonyl (C=O) groups excluding carboxylic acids is 1. The van der Waals surface area contributed by atoms with Crippen LogP contribution in [0.1, 0.15) is 12.8 Å². The number of hydrogen-bond acceptors (Lipinski definition) is 4. The van der Waals surface area contributed by atoms with E-state index in [0.29, 0.717) is 12.6 Å². The molecule has 0 radical (unpaired) electrons. The van der Waals surface area contributed by atoms with Gasteiger partial charge in [-0.3, -0.25) is 4.72 Å². The average Bonchev–Trinajstić information content (AvgIpc) is 3.15. The van der Waals surface area contributed by atoms with Crippen LogP contribution < -0.4 is 10.0 Å². The number of urea groups is 1. The maximum absolute atomic E-state index is 12.4. The van der Waals surface area contributed by atoms with Crippen LogP contribution in [0.15, 0.2) is 54.7 Å². The van der Waals surface area contributed by atoms with Crippen LogP contribution in [-0.4, -0.2) is 39.8 Å². The molecule has 1 aromatic heterocycles. The van der Waals surface area contributed by atoms with Gasteiger partial charge >= 0.3 is 6.03 Å². The summed E-state index contributed by atoms with van der Waals surface area (Å²) in [6.45, 7) is 5.17. The van der Waals surface area contributed by atoms with E-state index < -0.39 is 0 Å². The summed E-state index contributed by atoms with van der Waals surface area (Å²) in [5, 5.41) is 8.92. The summed E-state index contributed by atoms with van der Waals surface area (Å²) in [5.41, 5.74) is 1.74. The molecule has 1 fully saturated rings. The normalized spacial score (nSPS) is 17.5. The highest BCUT2D eigenvalue weighted by atomic mass is 32.2. The quantitative estimate of drug-likeness (QED) is 0.818. The number of rotatable bonds is 5. The van der Waals surface area contributed by atoms with Crippen LogP contribution in [0.2, 0.25) is 0 Å². The first-order chi connectivity index (χ1) is 11.8. The minimum Gasteiger partial charge on any atom is -0.323 e. The van der Waals surface area contributed by atoms with Gasteiger partial charge in [-0.15, -0.1) is 0 Å². The van der Waals surface area contributed by atoms with Crippen LogP contribution in [0.3, 0.4) is 0 Å². The predicted octanol–water partition coefficient (Wildman–Crippen LogP) is 3.25. The zero-order valence-electron chi connectivity index (χ0n) is 13.4. The molecule has 6 nitrogen and oxygen atoms in total. The van der Waals surface area contributed by atoms with Crippen LogP contribution in [0.25, 0.3) is 5.69 Å². The van der Waals surface area contributed by atoms with Gasteiger partial charge in [0, 0.05) is 37.2 Å². The van der Waals surface area contributed by atoms with Gasteiger partial charge in [-0.25, -0.2) is 9.48 Å². The molecular formula is C17H21N5OS. The molecule has 3 rings (SSSR count). The number of likely N-dealkylation sites (tertiary alicyclic amines) is 1. The van der Waals surface area contributed by atoms with E-state index in [1.165, 1.54) is 11.9 Å². The van der Waals surface area contributed by atoms with E-state index in [1.807, 2.05) is 41.4 Å². The van der Waals surface area contributed by atoms with Crippen molar-refractivity contribution < 1.29 is 4.79 Å². The molecule has 0 aliphatic carbocycles. The van der Waals surface area contributed by atoms with Crippen molar-refractivity contribution in [3.05, 3.63) is 54.7 Å².